The van der Waals surface area contributed by atoms with Gasteiger partial charge >= 0.3 is 6.09 Å². The van der Waals surface area contributed by atoms with Crippen molar-refractivity contribution < 1.29 is 9.53 Å². The summed E-state index contributed by atoms with van der Waals surface area (Å²) in [4.78, 5) is 11.9. The fraction of sp³-hybridized carbons (Fsp3) is 0.611. The van der Waals surface area contributed by atoms with E-state index in [2.05, 4.69) is 36.6 Å². The third kappa shape index (κ3) is 7.34. The number of ether oxygens (including phenoxy) is 1. The van der Waals surface area contributed by atoms with Crippen molar-refractivity contribution in [3.05, 3.63) is 29.8 Å². The summed E-state index contributed by atoms with van der Waals surface area (Å²) in [5.74, 6) is 0. The molecule has 0 fully saturated rings. The van der Waals surface area contributed by atoms with Crippen molar-refractivity contribution >= 4 is 11.8 Å². The normalized spacial score (nSPS) is 12.6. The predicted molar refractivity (Wildman–Crippen MR) is 92.4 cm³/mol. The zero-order valence-corrected chi connectivity index (χ0v) is 14.5. The number of hydrogen-bond acceptors (Lipinski definition) is 3. The number of nitrogens with one attached hydrogen (secondary N) is 2. The van der Waals surface area contributed by atoms with Gasteiger partial charge in [-0.05, 0) is 45.7 Å². The Hall–Kier alpha value is -1.71. The number of carbonyl (C=O) groups excluding carboxylic acids is 1. The Balaban J connectivity index is 2.57. The maximum absolute atomic E-state index is 11.9. The van der Waals surface area contributed by atoms with Crippen LogP contribution in [-0.4, -0.2) is 24.3 Å². The highest BCUT2D eigenvalue weighted by molar-refractivity contribution is 5.68. The van der Waals surface area contributed by atoms with Crippen LogP contribution in [0.15, 0.2) is 24.3 Å². The third-order valence-electron chi connectivity index (χ3n) is 3.31. The first-order valence-electron chi connectivity index (χ1n) is 8.11. The molecule has 2 N–H and O–H groups in total. The Morgan fingerprint density at radius 2 is 1.95 bits per heavy atom. The number of para-hydroxylation sites is 1. The van der Waals surface area contributed by atoms with E-state index in [-0.39, 0.29) is 12.1 Å². The van der Waals surface area contributed by atoms with Gasteiger partial charge in [0.2, 0.25) is 0 Å². The second-order valence-electron chi connectivity index (χ2n) is 6.68. The molecule has 124 valence electrons. The molecule has 0 aliphatic carbocycles. The van der Waals surface area contributed by atoms with E-state index in [9.17, 15) is 4.79 Å². The molecule has 22 heavy (non-hydrogen) atoms. The number of amides is 1. The van der Waals surface area contributed by atoms with Crippen LogP contribution in [0, 0.1) is 6.92 Å². The quantitative estimate of drug-likeness (QED) is 0.780. The van der Waals surface area contributed by atoms with Gasteiger partial charge in [0.05, 0.1) is 0 Å². The molecule has 0 bridgehead atoms. The molecule has 1 rings (SSSR count). The topological polar surface area (TPSA) is 50.4 Å². The number of carbonyl (C=O) groups is 1. The minimum Gasteiger partial charge on any atom is -0.444 e. The standard InChI is InChI=1S/C18H30N2O2/c1-6-7-11-15(20-17(21)22-18(3,4)5)13-19-16-12-9-8-10-14(16)2/h8-10,12,15,19H,6-7,11,13H2,1-5H3,(H,20,21). The van der Waals surface area contributed by atoms with Crippen LogP contribution >= 0.6 is 0 Å². The Labute approximate surface area is 134 Å². The van der Waals surface area contributed by atoms with E-state index >= 15 is 0 Å². The number of hydrogen-bond donors (Lipinski definition) is 2. The number of benzene rings is 1. The third-order valence-corrected chi connectivity index (χ3v) is 3.31. The Kier molecular flexibility index (Phi) is 7.22. The lowest BCUT2D eigenvalue weighted by Gasteiger charge is -2.24. The van der Waals surface area contributed by atoms with Crippen molar-refractivity contribution in [2.45, 2.75) is 65.5 Å². The van der Waals surface area contributed by atoms with Crippen LogP contribution in [0.1, 0.15) is 52.5 Å². The molecular weight excluding hydrogens is 276 g/mol. The van der Waals surface area contributed by atoms with E-state index in [0.717, 1.165) is 24.9 Å². The van der Waals surface area contributed by atoms with Crippen LogP contribution in [-0.2, 0) is 4.74 Å². The molecule has 1 aromatic carbocycles. The summed E-state index contributed by atoms with van der Waals surface area (Å²) in [6.07, 6.45) is 2.78. The summed E-state index contributed by atoms with van der Waals surface area (Å²) in [7, 11) is 0. The zero-order valence-electron chi connectivity index (χ0n) is 14.5. The van der Waals surface area contributed by atoms with Gasteiger partial charge in [-0.25, -0.2) is 4.79 Å². The monoisotopic (exact) mass is 306 g/mol. The van der Waals surface area contributed by atoms with Crippen molar-refractivity contribution in [3.63, 3.8) is 0 Å². The molecule has 1 aromatic rings. The number of aryl methyl sites for hydroxylation is 1. The number of alkyl carbamates (subject to hydrolysis) is 1. The van der Waals surface area contributed by atoms with Gasteiger partial charge in [0.15, 0.2) is 0 Å². The minimum atomic E-state index is -0.469. The fourth-order valence-corrected chi connectivity index (χ4v) is 2.15. The number of rotatable bonds is 7. The van der Waals surface area contributed by atoms with E-state index in [1.165, 1.54) is 5.56 Å². The van der Waals surface area contributed by atoms with Crippen molar-refractivity contribution in [2.24, 2.45) is 0 Å². The smallest absolute Gasteiger partial charge is 0.407 e. The second kappa shape index (κ2) is 8.66. The van der Waals surface area contributed by atoms with Crippen molar-refractivity contribution in [1.82, 2.24) is 5.32 Å². The molecule has 4 nitrogen and oxygen atoms in total. The summed E-state index contributed by atoms with van der Waals surface area (Å²) >= 11 is 0. The molecule has 1 atom stereocenters. The lowest BCUT2D eigenvalue weighted by atomic mass is 10.1. The Morgan fingerprint density at radius 3 is 2.55 bits per heavy atom. The lowest BCUT2D eigenvalue weighted by Crippen LogP contribution is -2.42. The first-order valence-corrected chi connectivity index (χ1v) is 8.11. The van der Waals surface area contributed by atoms with Gasteiger partial charge in [0.1, 0.15) is 5.60 Å². The Bertz CT molecular complexity index is 466. The molecule has 1 unspecified atom stereocenters. The van der Waals surface area contributed by atoms with Crippen LogP contribution in [0.4, 0.5) is 10.5 Å². The maximum atomic E-state index is 11.9. The second-order valence-corrected chi connectivity index (χ2v) is 6.68. The van der Waals surface area contributed by atoms with E-state index in [1.54, 1.807) is 0 Å². The van der Waals surface area contributed by atoms with Gasteiger partial charge in [-0.3, -0.25) is 0 Å². The molecule has 0 aromatic heterocycles. The summed E-state index contributed by atoms with van der Waals surface area (Å²) in [5, 5.41) is 6.39. The number of unbranched alkanes of at least 4 members (excludes halogenated alkanes) is 1. The highest BCUT2D eigenvalue weighted by atomic mass is 16.6. The zero-order chi connectivity index (χ0) is 16.6. The largest absolute Gasteiger partial charge is 0.444 e. The summed E-state index contributed by atoms with van der Waals surface area (Å²) in [6.45, 7) is 10.5. The van der Waals surface area contributed by atoms with Crippen LogP contribution in [0.5, 0.6) is 0 Å². The van der Waals surface area contributed by atoms with Gasteiger partial charge in [0, 0.05) is 18.3 Å². The highest BCUT2D eigenvalue weighted by Crippen LogP contribution is 2.14. The van der Waals surface area contributed by atoms with E-state index in [4.69, 9.17) is 4.74 Å². The van der Waals surface area contributed by atoms with Crippen molar-refractivity contribution in [2.75, 3.05) is 11.9 Å². The van der Waals surface area contributed by atoms with Crippen LogP contribution in [0.25, 0.3) is 0 Å². The molecule has 0 spiro atoms. The minimum absolute atomic E-state index is 0.0643. The molecular formula is C18H30N2O2. The fourth-order valence-electron chi connectivity index (χ4n) is 2.15. The van der Waals surface area contributed by atoms with Crippen LogP contribution < -0.4 is 10.6 Å². The summed E-state index contributed by atoms with van der Waals surface area (Å²) < 4.78 is 5.35. The molecule has 0 saturated carbocycles. The molecule has 0 radical (unpaired) electrons. The maximum Gasteiger partial charge on any atom is 0.407 e. The SMILES string of the molecule is CCCCC(CNc1ccccc1C)NC(=O)OC(C)(C)C. The van der Waals surface area contributed by atoms with E-state index < -0.39 is 5.60 Å². The lowest BCUT2D eigenvalue weighted by molar-refractivity contribution is 0.0504. The molecule has 0 heterocycles. The summed E-state index contributed by atoms with van der Waals surface area (Å²) in [5.41, 5.74) is 1.84. The van der Waals surface area contributed by atoms with E-state index in [1.807, 2.05) is 32.9 Å². The van der Waals surface area contributed by atoms with Crippen LogP contribution in [0.2, 0.25) is 0 Å². The van der Waals surface area contributed by atoms with E-state index in [0.29, 0.717) is 6.54 Å². The van der Waals surface area contributed by atoms with Gasteiger partial charge in [-0.15, -0.1) is 0 Å². The first kappa shape index (κ1) is 18.3. The van der Waals surface area contributed by atoms with Crippen molar-refractivity contribution in [1.29, 1.82) is 0 Å². The first-order chi connectivity index (χ1) is 10.3. The Morgan fingerprint density at radius 1 is 1.27 bits per heavy atom. The summed E-state index contributed by atoms with van der Waals surface area (Å²) in [6, 6.07) is 8.23. The molecule has 0 aliphatic heterocycles. The van der Waals surface area contributed by atoms with Crippen LogP contribution in [0.3, 0.4) is 0 Å². The average molecular weight is 306 g/mol. The van der Waals surface area contributed by atoms with Gasteiger partial charge < -0.3 is 15.4 Å². The molecule has 4 heteroatoms. The van der Waals surface area contributed by atoms with Gasteiger partial charge in [-0.1, -0.05) is 38.0 Å². The van der Waals surface area contributed by atoms with Crippen molar-refractivity contribution in [3.8, 4) is 0 Å². The number of anilines is 1. The van der Waals surface area contributed by atoms with Gasteiger partial charge in [-0.2, -0.15) is 0 Å². The predicted octanol–water partition coefficient (Wildman–Crippen LogP) is 4.49. The van der Waals surface area contributed by atoms with Gasteiger partial charge in [0.25, 0.3) is 0 Å². The molecule has 0 aliphatic rings. The molecule has 0 saturated heterocycles. The average Bonchev–Trinajstić information content (AvgIpc) is 2.41. The highest BCUT2D eigenvalue weighted by Gasteiger charge is 2.19. The molecule has 1 amide bonds.